The number of hydrogen-bond acceptors (Lipinski definition) is 34. The van der Waals surface area contributed by atoms with Crippen LogP contribution >= 0.6 is 12.6 Å². The highest BCUT2D eigenvalue weighted by Gasteiger charge is 2.44. The summed E-state index contributed by atoms with van der Waals surface area (Å²) >= 11 is 4.22. The summed E-state index contributed by atoms with van der Waals surface area (Å²) in [4.78, 5) is 315. The number of nitrogens with two attached hydrogens (primary N) is 6. The van der Waals surface area contributed by atoms with Gasteiger partial charge in [-0.25, -0.2) is 4.79 Å². The number of amides is 21. The lowest BCUT2D eigenvalue weighted by Crippen LogP contribution is -2.62. The molecule has 1 saturated heterocycles. The zero-order valence-electron chi connectivity index (χ0n) is 85.4. The number of nitrogens with one attached hydrogen (secondary N) is 22. The van der Waals surface area contributed by atoms with Crippen molar-refractivity contribution in [1.82, 2.24) is 111 Å². The molecule has 0 saturated carbocycles. The third kappa shape index (κ3) is 48.5. The van der Waals surface area contributed by atoms with Crippen LogP contribution in [0.5, 0.6) is 0 Å². The van der Waals surface area contributed by atoms with Gasteiger partial charge >= 0.3 is 11.9 Å². The number of aliphatic hydroxyl groups excluding tert-OH is 6. The number of unbranched alkanes of at least 4 members (excludes halogenated alkanes) is 1. The third-order valence-corrected chi connectivity index (χ3v) is 23.9. The third-order valence-electron chi connectivity index (χ3n) is 23.5. The first-order valence-corrected chi connectivity index (χ1v) is 49.2. The predicted octanol–water partition coefficient (Wildman–Crippen LogP) is -15.1. The van der Waals surface area contributed by atoms with E-state index in [2.05, 4.69) is 119 Å². The fourth-order valence-corrected chi connectivity index (χ4v) is 14.8. The van der Waals surface area contributed by atoms with Crippen LogP contribution in [0, 0.1) is 34.5 Å². The highest BCUT2D eigenvalue weighted by Crippen LogP contribution is 2.22. The number of carbonyl (C=O) groups is 23. The molecule has 0 aromatic heterocycles. The molecule has 0 radical (unpaired) electrons. The second kappa shape index (κ2) is 68.8. The number of guanidine groups is 2. The van der Waals surface area contributed by atoms with Crippen molar-refractivity contribution in [2.45, 2.75) is 312 Å². The number of aliphatic hydroxyl groups is 6. The van der Waals surface area contributed by atoms with E-state index in [1.54, 1.807) is 48.5 Å². The minimum Gasteiger partial charge on any atom is -0.481 e. The predicted molar refractivity (Wildman–Crippen MR) is 531 cm³/mol. The normalized spacial score (nSPS) is 16.6. The molecule has 0 unspecified atom stereocenters. The Bertz CT molecular complexity index is 4560. The summed E-state index contributed by atoms with van der Waals surface area (Å²) < 4.78 is 0. The van der Waals surface area contributed by atoms with Crippen molar-refractivity contribution in [3.05, 3.63) is 0 Å². The Morgan fingerprint density at radius 3 is 1.17 bits per heavy atom. The van der Waals surface area contributed by atoms with Crippen molar-refractivity contribution in [2.24, 2.45) is 58.1 Å². The van der Waals surface area contributed by atoms with Gasteiger partial charge in [0.15, 0.2) is 18.0 Å². The molecule has 1 heterocycles. The molecule has 0 bridgehead atoms. The molecule has 1 rings (SSSR count). The Labute approximate surface area is 865 Å². The van der Waals surface area contributed by atoms with Crippen LogP contribution in [-0.2, 0) is 110 Å². The SMILES string of the molecule is CC[C@H](C)[C@H](NC(=O)[C@H](CC(=O)O)NC(=O)[C@H](CCCNC(=N)N)NC(=O)[C@H](CO)NC(=O)[C@@H]1CCCN1C(=O)[C@H](CCCCN)NC(=O)[C@H](CCC(N)=O)NC(=O)[C@H](CO)NC(=O)[C@@H](NC(=O)[C@@H](NC(=O)[C@H](C)NC(=O)[C@@H](N)CO)C(C)C)[C@@H](C)CC)C(=O)N[C@@H](CS)C(=O)N[C@@H](CCC(N)=O)C(=O)N[C@@H](CCCNC(=N)N)C(=O)NCC(=O)N[C@H](C(=O)N[C@@H](CO)C(=O)N[C@@H](CC(C)C)C(=O)N[C@H](C(=O)O)[C@@H](C)O)[C@@H](C)O. The molecule has 61 heteroatoms. The zero-order valence-corrected chi connectivity index (χ0v) is 86.2. The lowest BCUT2D eigenvalue weighted by molar-refractivity contribution is -0.145. The van der Waals surface area contributed by atoms with Crippen molar-refractivity contribution in [2.75, 3.05) is 64.9 Å². The summed E-state index contributed by atoms with van der Waals surface area (Å²) in [5, 5.41) is 143. The molecule has 149 heavy (non-hydrogen) atoms. The number of thiol groups is 1. The van der Waals surface area contributed by atoms with Crippen molar-refractivity contribution < 1.29 is 151 Å². The first-order chi connectivity index (χ1) is 69.8. The van der Waals surface area contributed by atoms with Crippen LogP contribution in [0.25, 0.3) is 0 Å². The lowest BCUT2D eigenvalue weighted by Gasteiger charge is -2.31. The molecule has 23 atom stereocenters. The zero-order chi connectivity index (χ0) is 114. The van der Waals surface area contributed by atoms with Crippen LogP contribution in [0.1, 0.15) is 185 Å². The highest BCUT2D eigenvalue weighted by atomic mass is 32.1. The Balaban J connectivity index is 3.66. The van der Waals surface area contributed by atoms with Crippen LogP contribution in [0.3, 0.4) is 0 Å². The standard InChI is InChI=1S/C88H155N29O31S/c1-12-41(7)64(83(144)111-57(38-149)79(140)104-49(23-25-59(91)124)72(133)101-47(20-16-28-97-87(93)94)70(131)99-33-61(126)112-66(44(10)122)84(145)110-56(37-121)78(139)106-52(31-39(3)4)74(135)116-67(45(11)123)86(147)148)114-75(136)53(32-62(127)128)107-71(132)48(21-17-29-98-88(95)96)102-76(137)54(35-119)108-80(141)58-22-18-30-117(58)85(146)51(19-14-15-27-89)105-73(134)50(24-26-60(92)125)103-77(138)55(36-120)109-82(143)65(42(8)13-2)115-81(142)63(40(5)6)113-68(129)43(9)100-69(130)46(90)34-118/h39-58,63-67,118-123,149H,12-38,89-90H2,1-11H3,(H2,91,124)(H2,92,125)(H,99,131)(H,100,130)(H,101,133)(H,102,137)(H,103,138)(H,104,140)(H,105,134)(H,106,139)(H,107,132)(H,108,141)(H,109,143)(H,110,145)(H,111,144)(H,112,126)(H,113,129)(H,114,136)(H,115,142)(H,116,135)(H,127,128)(H,147,148)(H4,93,94,97)(H4,95,96,98)/t41-,42-,43-,44+,45+,46-,47-,48-,49-,50-,51-,52-,53-,54-,55-,56-,57-,58-,63-,64-,65-,66-,67-/m0/s1. The van der Waals surface area contributed by atoms with Gasteiger partial charge in [0.25, 0.3) is 0 Å². The number of hydrogen-bond donors (Lipinski definition) is 37. The second-order valence-corrected chi connectivity index (χ2v) is 37.0. The summed E-state index contributed by atoms with van der Waals surface area (Å²) in [7, 11) is 0. The second-order valence-electron chi connectivity index (χ2n) is 36.6. The van der Waals surface area contributed by atoms with E-state index in [4.69, 9.17) is 45.2 Å². The number of nitrogens with zero attached hydrogens (tertiary/aromatic N) is 1. The summed E-state index contributed by atoms with van der Waals surface area (Å²) in [5.41, 5.74) is 33.2. The maximum atomic E-state index is 14.8. The Kier molecular flexibility index (Phi) is 61.6. The topological polar surface area (TPSA) is 1000 Å². The van der Waals surface area contributed by atoms with Crippen molar-refractivity contribution in [3.8, 4) is 0 Å². The molecular weight excluding hydrogens is 1990 g/mol. The number of aliphatic carboxylic acids is 2. The number of rotatable bonds is 72. The molecule has 0 spiro atoms. The minimum atomic E-state index is -2.14. The molecule has 1 aliphatic heterocycles. The van der Waals surface area contributed by atoms with E-state index in [-0.39, 0.29) is 103 Å². The van der Waals surface area contributed by atoms with Gasteiger partial charge in [0.1, 0.15) is 109 Å². The van der Waals surface area contributed by atoms with E-state index in [0.29, 0.717) is 0 Å². The molecule has 60 nitrogen and oxygen atoms in total. The molecule has 21 amide bonds. The monoisotopic (exact) mass is 2150 g/mol. The first-order valence-electron chi connectivity index (χ1n) is 48.6. The van der Waals surface area contributed by atoms with Crippen LogP contribution in [-0.4, -0.2) is 386 Å². The smallest absolute Gasteiger partial charge is 0.328 e. The summed E-state index contributed by atoms with van der Waals surface area (Å²) in [6.07, 6.45) is -7.52. The molecule has 1 fully saturated rings. The summed E-state index contributed by atoms with van der Waals surface area (Å²) in [6.45, 7) is 10.4. The number of likely N-dealkylation sites (tertiary alicyclic amines) is 1. The fourth-order valence-electron chi connectivity index (χ4n) is 14.5. The molecule has 844 valence electrons. The van der Waals surface area contributed by atoms with Crippen LogP contribution in [0.4, 0.5) is 0 Å². The van der Waals surface area contributed by atoms with Crippen LogP contribution < -0.4 is 141 Å². The number of primary amides is 2. The fraction of sp³-hybridized carbons (Fsp3) is 0.716. The minimum absolute atomic E-state index is 0.0509. The van der Waals surface area contributed by atoms with Gasteiger partial charge < -0.3 is 186 Å². The lowest BCUT2D eigenvalue weighted by atomic mass is 9.96. The van der Waals surface area contributed by atoms with E-state index in [1.165, 1.54) is 13.8 Å². The van der Waals surface area contributed by atoms with Crippen LogP contribution in [0.15, 0.2) is 0 Å². The summed E-state index contributed by atoms with van der Waals surface area (Å²) in [6, 6.07) is -32.1. The largest absolute Gasteiger partial charge is 0.481 e. The van der Waals surface area contributed by atoms with Gasteiger partial charge in [0, 0.05) is 38.2 Å². The average Bonchev–Trinajstić information content (AvgIpc) is 1.39. The van der Waals surface area contributed by atoms with Crippen LogP contribution in [0.2, 0.25) is 0 Å². The first kappa shape index (κ1) is 133. The number of carbonyl (C=O) groups excluding carboxylic acids is 21. The molecule has 42 N–H and O–H groups in total. The van der Waals surface area contributed by atoms with Gasteiger partial charge in [-0.2, -0.15) is 12.6 Å². The van der Waals surface area contributed by atoms with E-state index in [1.807, 2.05) is 0 Å². The quantitative estimate of drug-likeness (QED) is 0.0116. The van der Waals surface area contributed by atoms with E-state index in [9.17, 15) is 151 Å². The maximum Gasteiger partial charge on any atom is 0.328 e. The maximum absolute atomic E-state index is 14.8. The van der Waals surface area contributed by atoms with E-state index in [0.717, 1.165) is 18.7 Å². The van der Waals surface area contributed by atoms with E-state index < -0.39 is 370 Å². The van der Waals surface area contributed by atoms with Gasteiger partial charge in [-0.3, -0.25) is 116 Å². The number of carboxylic acids is 2. The van der Waals surface area contributed by atoms with Crippen molar-refractivity contribution in [3.63, 3.8) is 0 Å². The number of carboxylic acid groups (broad SMARTS) is 2. The molecule has 1 aliphatic rings. The highest BCUT2D eigenvalue weighted by molar-refractivity contribution is 7.80. The molecule has 0 aromatic rings. The van der Waals surface area contributed by atoms with Gasteiger partial charge in [0.05, 0.1) is 51.6 Å². The Morgan fingerprint density at radius 2 is 0.758 bits per heavy atom. The van der Waals surface area contributed by atoms with E-state index >= 15 is 0 Å². The molecule has 0 aliphatic carbocycles. The van der Waals surface area contributed by atoms with Gasteiger partial charge in [-0.05, 0) is 128 Å². The van der Waals surface area contributed by atoms with Gasteiger partial charge in [-0.1, -0.05) is 68.2 Å². The summed E-state index contributed by atoms with van der Waals surface area (Å²) in [5.74, 6) is -30.9. The average molecular weight is 2150 g/mol. The molecule has 0 aromatic carbocycles. The van der Waals surface area contributed by atoms with Gasteiger partial charge in [-0.15, -0.1) is 0 Å². The van der Waals surface area contributed by atoms with Crippen molar-refractivity contribution >= 4 is 161 Å². The van der Waals surface area contributed by atoms with Gasteiger partial charge in [0.2, 0.25) is 124 Å². The van der Waals surface area contributed by atoms with Crippen molar-refractivity contribution in [1.29, 1.82) is 10.8 Å². The molecular formula is C88H155N29O31S. The Morgan fingerprint density at radius 1 is 0.389 bits per heavy atom. The Hall–Kier alpha value is -13.6.